The average molecular weight is 369 g/mol. The molecular formula is C19H19N3O3S. The van der Waals surface area contributed by atoms with Gasteiger partial charge < -0.3 is 14.8 Å². The number of hydrogen-bond acceptors (Lipinski definition) is 6. The first-order chi connectivity index (χ1) is 12.7. The van der Waals surface area contributed by atoms with Gasteiger partial charge in [-0.15, -0.1) is 11.3 Å². The zero-order chi connectivity index (χ0) is 17.9. The van der Waals surface area contributed by atoms with E-state index in [-0.39, 0.29) is 12.5 Å². The second-order valence-corrected chi connectivity index (χ2v) is 7.27. The van der Waals surface area contributed by atoms with E-state index in [9.17, 15) is 4.79 Å². The van der Waals surface area contributed by atoms with Crippen LogP contribution in [0.25, 0.3) is 10.2 Å². The van der Waals surface area contributed by atoms with E-state index in [0.717, 1.165) is 15.2 Å². The molecule has 2 heterocycles. The first kappa shape index (κ1) is 16.8. The van der Waals surface area contributed by atoms with Crippen LogP contribution in [0.4, 0.5) is 5.69 Å². The predicted octanol–water partition coefficient (Wildman–Crippen LogP) is 3.14. The molecule has 1 aliphatic heterocycles. The van der Waals surface area contributed by atoms with Gasteiger partial charge in [-0.3, -0.25) is 9.69 Å². The van der Waals surface area contributed by atoms with Crippen molar-refractivity contribution in [2.75, 3.05) is 32.1 Å². The molecule has 0 spiro atoms. The molecule has 0 saturated carbocycles. The number of nitrogens with one attached hydrogen (secondary N) is 1. The fourth-order valence-electron chi connectivity index (χ4n) is 2.84. The third-order valence-electron chi connectivity index (χ3n) is 3.98. The van der Waals surface area contributed by atoms with E-state index in [0.29, 0.717) is 36.9 Å². The van der Waals surface area contributed by atoms with Gasteiger partial charge in [0, 0.05) is 11.8 Å². The Bertz CT molecular complexity index is 908. The monoisotopic (exact) mass is 369 g/mol. The van der Waals surface area contributed by atoms with E-state index in [4.69, 9.17) is 9.47 Å². The first-order valence-corrected chi connectivity index (χ1v) is 9.21. The van der Waals surface area contributed by atoms with Crippen LogP contribution in [0.3, 0.4) is 0 Å². The second kappa shape index (κ2) is 7.31. The van der Waals surface area contributed by atoms with Gasteiger partial charge in [0.1, 0.15) is 18.2 Å². The highest BCUT2D eigenvalue weighted by molar-refractivity contribution is 7.18. The summed E-state index contributed by atoms with van der Waals surface area (Å²) in [4.78, 5) is 18.9. The number of nitrogens with zero attached hydrogens (tertiary/aromatic N) is 2. The molecule has 0 radical (unpaired) electrons. The molecule has 0 bridgehead atoms. The Balaban J connectivity index is 1.35. The van der Waals surface area contributed by atoms with Gasteiger partial charge in [0.25, 0.3) is 0 Å². The lowest BCUT2D eigenvalue weighted by Gasteiger charge is -2.19. The van der Waals surface area contributed by atoms with E-state index in [1.807, 2.05) is 42.3 Å². The Morgan fingerprint density at radius 1 is 1.19 bits per heavy atom. The molecule has 0 saturated heterocycles. The summed E-state index contributed by atoms with van der Waals surface area (Å²) in [5.74, 6) is 1.30. The standard InChI is InChI=1S/C19H19N3O3S/c1-22(12-19-21-14-4-2-3-5-17(14)26-19)11-18(23)20-13-6-7-15-16(10-13)25-9-8-24-15/h2-7,10H,8-9,11-12H2,1H3,(H,20,23). The Labute approximate surface area is 155 Å². The van der Waals surface area contributed by atoms with Crippen molar-refractivity contribution in [1.82, 2.24) is 9.88 Å². The summed E-state index contributed by atoms with van der Waals surface area (Å²) in [5, 5.41) is 3.90. The summed E-state index contributed by atoms with van der Waals surface area (Å²) in [6, 6.07) is 13.5. The summed E-state index contributed by atoms with van der Waals surface area (Å²) in [7, 11) is 1.91. The lowest BCUT2D eigenvalue weighted by Crippen LogP contribution is -2.29. The van der Waals surface area contributed by atoms with Crippen molar-refractivity contribution in [2.24, 2.45) is 0 Å². The summed E-state index contributed by atoms with van der Waals surface area (Å²) >= 11 is 1.66. The van der Waals surface area contributed by atoms with Gasteiger partial charge in [0.05, 0.1) is 23.3 Å². The van der Waals surface area contributed by atoms with E-state index < -0.39 is 0 Å². The smallest absolute Gasteiger partial charge is 0.238 e. The molecule has 6 nitrogen and oxygen atoms in total. The minimum atomic E-state index is -0.0784. The van der Waals surface area contributed by atoms with Gasteiger partial charge in [0.15, 0.2) is 11.5 Å². The second-order valence-electron chi connectivity index (χ2n) is 6.15. The molecule has 0 fully saturated rings. The van der Waals surface area contributed by atoms with E-state index in [1.54, 1.807) is 17.4 Å². The molecule has 2 aromatic carbocycles. The van der Waals surface area contributed by atoms with Crippen molar-refractivity contribution in [1.29, 1.82) is 0 Å². The molecule has 26 heavy (non-hydrogen) atoms. The largest absolute Gasteiger partial charge is 0.486 e. The zero-order valence-electron chi connectivity index (χ0n) is 14.4. The van der Waals surface area contributed by atoms with Crippen LogP contribution >= 0.6 is 11.3 Å². The van der Waals surface area contributed by atoms with Crippen LogP contribution in [0.5, 0.6) is 11.5 Å². The SMILES string of the molecule is CN(CC(=O)Nc1ccc2c(c1)OCCO2)Cc1nc2ccccc2s1. The fraction of sp³-hybridized carbons (Fsp3) is 0.263. The van der Waals surface area contributed by atoms with Crippen LogP contribution in [-0.2, 0) is 11.3 Å². The zero-order valence-corrected chi connectivity index (χ0v) is 15.2. The van der Waals surface area contributed by atoms with Gasteiger partial charge in [-0.1, -0.05) is 12.1 Å². The summed E-state index contributed by atoms with van der Waals surface area (Å²) < 4.78 is 12.2. The van der Waals surface area contributed by atoms with Gasteiger partial charge in [-0.2, -0.15) is 0 Å². The third-order valence-corrected chi connectivity index (χ3v) is 5.00. The van der Waals surface area contributed by atoms with Crippen molar-refractivity contribution in [2.45, 2.75) is 6.54 Å². The number of aromatic nitrogens is 1. The molecule has 7 heteroatoms. The molecule has 0 aliphatic carbocycles. The number of hydrogen-bond donors (Lipinski definition) is 1. The number of fused-ring (bicyclic) bond motifs is 2. The van der Waals surface area contributed by atoms with Gasteiger partial charge in [0.2, 0.25) is 5.91 Å². The first-order valence-electron chi connectivity index (χ1n) is 8.40. The van der Waals surface area contributed by atoms with E-state index in [1.165, 1.54) is 0 Å². The van der Waals surface area contributed by atoms with Crippen LogP contribution < -0.4 is 14.8 Å². The number of anilines is 1. The molecule has 1 aromatic heterocycles. The number of likely N-dealkylation sites (N-methyl/N-ethyl adjacent to an activating group) is 1. The van der Waals surface area contributed by atoms with Gasteiger partial charge >= 0.3 is 0 Å². The predicted molar refractivity (Wildman–Crippen MR) is 102 cm³/mol. The van der Waals surface area contributed by atoms with Crippen LogP contribution in [0.15, 0.2) is 42.5 Å². The van der Waals surface area contributed by atoms with Crippen LogP contribution in [0, 0.1) is 0 Å². The molecule has 3 aromatic rings. The fourth-order valence-corrected chi connectivity index (χ4v) is 3.89. The normalized spacial score (nSPS) is 13.2. The van der Waals surface area contributed by atoms with E-state index >= 15 is 0 Å². The molecule has 1 aliphatic rings. The minimum Gasteiger partial charge on any atom is -0.486 e. The van der Waals surface area contributed by atoms with Gasteiger partial charge in [-0.05, 0) is 31.3 Å². The Kier molecular flexibility index (Phi) is 4.73. The molecule has 1 amide bonds. The lowest BCUT2D eigenvalue weighted by atomic mass is 10.2. The molecule has 4 rings (SSSR count). The van der Waals surface area contributed by atoms with Crippen LogP contribution in [-0.4, -0.2) is 42.6 Å². The molecule has 1 N–H and O–H groups in total. The van der Waals surface area contributed by atoms with Crippen molar-refractivity contribution < 1.29 is 14.3 Å². The highest BCUT2D eigenvalue weighted by atomic mass is 32.1. The number of benzene rings is 2. The quantitative estimate of drug-likeness (QED) is 0.749. The van der Waals surface area contributed by atoms with Crippen LogP contribution in [0.2, 0.25) is 0 Å². The number of para-hydroxylation sites is 1. The number of ether oxygens (including phenoxy) is 2. The van der Waals surface area contributed by atoms with E-state index in [2.05, 4.69) is 16.4 Å². The molecule has 0 unspecified atom stereocenters. The number of amides is 1. The molecule has 0 atom stereocenters. The van der Waals surface area contributed by atoms with Crippen molar-refractivity contribution >= 4 is 33.1 Å². The maximum Gasteiger partial charge on any atom is 0.238 e. The average Bonchev–Trinajstić information content (AvgIpc) is 3.03. The highest BCUT2D eigenvalue weighted by Gasteiger charge is 2.14. The number of carbonyl (C=O) groups excluding carboxylic acids is 1. The maximum atomic E-state index is 12.3. The van der Waals surface area contributed by atoms with Crippen molar-refractivity contribution in [3.8, 4) is 11.5 Å². The Hall–Kier alpha value is -2.64. The number of rotatable bonds is 5. The molecule has 134 valence electrons. The highest BCUT2D eigenvalue weighted by Crippen LogP contribution is 2.32. The Morgan fingerprint density at radius 2 is 2.00 bits per heavy atom. The van der Waals surface area contributed by atoms with Gasteiger partial charge in [-0.25, -0.2) is 4.98 Å². The summed E-state index contributed by atoms with van der Waals surface area (Å²) in [5.41, 5.74) is 1.70. The number of carbonyl (C=O) groups is 1. The van der Waals surface area contributed by atoms with Crippen LogP contribution in [0.1, 0.15) is 5.01 Å². The summed E-state index contributed by atoms with van der Waals surface area (Å²) in [6.45, 7) is 1.99. The number of thiazole rings is 1. The Morgan fingerprint density at radius 3 is 2.85 bits per heavy atom. The summed E-state index contributed by atoms with van der Waals surface area (Å²) in [6.07, 6.45) is 0. The van der Waals surface area contributed by atoms with Crippen molar-refractivity contribution in [3.63, 3.8) is 0 Å². The lowest BCUT2D eigenvalue weighted by molar-refractivity contribution is -0.117. The minimum absolute atomic E-state index is 0.0784. The topological polar surface area (TPSA) is 63.7 Å². The van der Waals surface area contributed by atoms with Crippen molar-refractivity contribution in [3.05, 3.63) is 47.5 Å². The molecular weight excluding hydrogens is 350 g/mol. The third kappa shape index (κ3) is 3.79. The maximum absolute atomic E-state index is 12.3.